The van der Waals surface area contributed by atoms with E-state index in [4.69, 9.17) is 0 Å². The van der Waals surface area contributed by atoms with E-state index in [0.717, 1.165) is 31.0 Å². The summed E-state index contributed by atoms with van der Waals surface area (Å²) in [6.07, 6.45) is 4.88. The van der Waals surface area contributed by atoms with Gasteiger partial charge >= 0.3 is 0 Å². The van der Waals surface area contributed by atoms with Crippen molar-refractivity contribution in [3.05, 3.63) is 29.8 Å². The van der Waals surface area contributed by atoms with Crippen molar-refractivity contribution >= 4 is 40.0 Å². The van der Waals surface area contributed by atoms with Gasteiger partial charge in [-0.2, -0.15) is 0 Å². The van der Waals surface area contributed by atoms with Crippen molar-refractivity contribution in [1.29, 1.82) is 0 Å². The molecule has 0 bridgehead atoms. The Hall–Kier alpha value is -0.870. The minimum absolute atomic E-state index is 0. The highest BCUT2D eigenvalue weighted by molar-refractivity contribution is 14.0. The smallest absolute Gasteiger partial charge is 0.240 e. The van der Waals surface area contributed by atoms with Crippen molar-refractivity contribution in [2.45, 2.75) is 57.9 Å². The van der Waals surface area contributed by atoms with Gasteiger partial charge in [-0.15, -0.1) is 24.0 Å². The third kappa shape index (κ3) is 9.75. The molecule has 0 heterocycles. The topological polar surface area (TPSA) is 82.6 Å². The zero-order valence-electron chi connectivity index (χ0n) is 16.9. The first-order chi connectivity index (χ1) is 12.5. The Balaban J connectivity index is 0.00000676. The molecule has 0 aliphatic carbocycles. The summed E-state index contributed by atoms with van der Waals surface area (Å²) < 4.78 is 25.8. The molecule has 27 heavy (non-hydrogen) atoms. The van der Waals surface area contributed by atoms with Crippen LogP contribution in [0.5, 0.6) is 0 Å². The van der Waals surface area contributed by atoms with Gasteiger partial charge in [0.15, 0.2) is 5.96 Å². The highest BCUT2D eigenvalue weighted by Crippen LogP contribution is 2.12. The van der Waals surface area contributed by atoms with E-state index in [9.17, 15) is 8.42 Å². The molecule has 0 aliphatic heterocycles. The number of benzene rings is 1. The Morgan fingerprint density at radius 2 is 1.78 bits per heavy atom. The Morgan fingerprint density at radius 1 is 1.11 bits per heavy atom. The zero-order chi connectivity index (χ0) is 19.4. The highest BCUT2D eigenvalue weighted by atomic mass is 127. The quantitative estimate of drug-likeness (QED) is 0.242. The number of nitrogens with one attached hydrogen (secondary N) is 3. The molecule has 0 amide bonds. The largest absolute Gasteiger partial charge is 0.357 e. The SMILES string of the molecule is CCCCC(CC)CNC(=NCc1ccc(S(=O)(=O)NC)cc1)NCC.I. The van der Waals surface area contributed by atoms with Gasteiger partial charge in [0.05, 0.1) is 11.4 Å². The number of rotatable bonds is 11. The van der Waals surface area contributed by atoms with E-state index in [1.54, 1.807) is 24.3 Å². The van der Waals surface area contributed by atoms with Crippen LogP contribution in [0, 0.1) is 5.92 Å². The van der Waals surface area contributed by atoms with Crippen molar-refractivity contribution in [3.63, 3.8) is 0 Å². The number of halogens is 1. The van der Waals surface area contributed by atoms with Crippen molar-refractivity contribution in [2.24, 2.45) is 10.9 Å². The second-order valence-electron chi connectivity index (χ2n) is 6.34. The molecule has 0 saturated heterocycles. The van der Waals surface area contributed by atoms with Crippen LogP contribution in [-0.4, -0.2) is 34.5 Å². The maximum Gasteiger partial charge on any atom is 0.240 e. The van der Waals surface area contributed by atoms with Crippen LogP contribution in [0.25, 0.3) is 0 Å². The molecule has 0 spiro atoms. The second-order valence-corrected chi connectivity index (χ2v) is 8.23. The molecule has 1 unspecified atom stereocenters. The first-order valence-corrected chi connectivity index (χ1v) is 11.0. The molecule has 0 fully saturated rings. The molecule has 0 radical (unpaired) electrons. The number of aliphatic imine (C=N–C) groups is 1. The van der Waals surface area contributed by atoms with E-state index >= 15 is 0 Å². The lowest BCUT2D eigenvalue weighted by atomic mass is 9.99. The third-order valence-electron chi connectivity index (χ3n) is 4.37. The maximum atomic E-state index is 11.8. The van der Waals surface area contributed by atoms with Crippen LogP contribution >= 0.6 is 24.0 Å². The summed E-state index contributed by atoms with van der Waals surface area (Å²) in [5, 5.41) is 6.69. The van der Waals surface area contributed by atoms with E-state index in [1.807, 2.05) is 6.92 Å². The summed E-state index contributed by atoms with van der Waals surface area (Å²) in [4.78, 5) is 4.88. The van der Waals surface area contributed by atoms with Gasteiger partial charge in [-0.1, -0.05) is 45.2 Å². The summed E-state index contributed by atoms with van der Waals surface area (Å²) in [6, 6.07) is 6.81. The summed E-state index contributed by atoms with van der Waals surface area (Å²) in [7, 11) is -1.99. The summed E-state index contributed by atoms with van der Waals surface area (Å²) >= 11 is 0. The van der Waals surface area contributed by atoms with E-state index in [2.05, 4.69) is 34.2 Å². The molecule has 0 aromatic heterocycles. The summed E-state index contributed by atoms with van der Waals surface area (Å²) in [5.41, 5.74) is 0.968. The standard InChI is InChI=1S/C19H34N4O2S.HI/c1-5-8-9-16(6-2)14-22-19(21-7-3)23-15-17-10-12-18(13-11-17)26(24,25)20-4;/h10-13,16,20H,5-9,14-15H2,1-4H3,(H2,21,22,23);1H. The van der Waals surface area contributed by atoms with Crippen LogP contribution in [0.2, 0.25) is 0 Å². The van der Waals surface area contributed by atoms with Gasteiger partial charge in [0.25, 0.3) is 0 Å². The van der Waals surface area contributed by atoms with E-state index < -0.39 is 10.0 Å². The Kier molecular flexibility index (Phi) is 13.7. The highest BCUT2D eigenvalue weighted by Gasteiger charge is 2.10. The molecule has 1 rings (SSSR count). The number of hydrogen-bond acceptors (Lipinski definition) is 3. The zero-order valence-corrected chi connectivity index (χ0v) is 20.1. The maximum absolute atomic E-state index is 11.8. The number of sulfonamides is 1. The molecule has 3 N–H and O–H groups in total. The number of nitrogens with zero attached hydrogens (tertiary/aromatic N) is 1. The fourth-order valence-corrected chi connectivity index (χ4v) is 3.32. The molecular formula is C19H35IN4O2S. The minimum atomic E-state index is -3.39. The summed E-state index contributed by atoms with van der Waals surface area (Å²) in [6.45, 7) is 8.72. The van der Waals surface area contributed by atoms with Gasteiger partial charge in [0.1, 0.15) is 0 Å². The Labute approximate surface area is 182 Å². The lowest BCUT2D eigenvalue weighted by molar-refractivity contribution is 0.443. The van der Waals surface area contributed by atoms with Crippen LogP contribution in [-0.2, 0) is 16.6 Å². The molecule has 0 saturated carbocycles. The van der Waals surface area contributed by atoms with Crippen LogP contribution in [0.3, 0.4) is 0 Å². The average molecular weight is 510 g/mol. The van der Waals surface area contributed by atoms with Crippen LogP contribution < -0.4 is 15.4 Å². The monoisotopic (exact) mass is 510 g/mol. The van der Waals surface area contributed by atoms with Crippen molar-refractivity contribution in [3.8, 4) is 0 Å². The minimum Gasteiger partial charge on any atom is -0.357 e. The molecule has 156 valence electrons. The molecule has 1 atom stereocenters. The molecule has 8 heteroatoms. The predicted octanol–water partition coefficient (Wildman–Crippen LogP) is 3.48. The van der Waals surface area contributed by atoms with Crippen LogP contribution in [0.4, 0.5) is 0 Å². The lowest BCUT2D eigenvalue weighted by Gasteiger charge is -2.18. The predicted molar refractivity (Wildman–Crippen MR) is 124 cm³/mol. The summed E-state index contributed by atoms with van der Waals surface area (Å²) in [5.74, 6) is 1.46. The van der Waals surface area contributed by atoms with Crippen molar-refractivity contribution < 1.29 is 8.42 Å². The van der Waals surface area contributed by atoms with Crippen molar-refractivity contribution in [1.82, 2.24) is 15.4 Å². The molecule has 1 aromatic carbocycles. The number of unbranched alkanes of at least 4 members (excludes halogenated alkanes) is 1. The number of hydrogen-bond donors (Lipinski definition) is 3. The Morgan fingerprint density at radius 3 is 2.30 bits per heavy atom. The van der Waals surface area contributed by atoms with Crippen LogP contribution in [0.15, 0.2) is 34.2 Å². The van der Waals surface area contributed by atoms with Gasteiger partial charge in [-0.25, -0.2) is 18.1 Å². The Bertz CT molecular complexity index is 648. The van der Waals surface area contributed by atoms with Crippen LogP contribution in [0.1, 0.15) is 52.0 Å². The second kappa shape index (κ2) is 14.2. The molecule has 1 aromatic rings. The van der Waals surface area contributed by atoms with E-state index in [-0.39, 0.29) is 28.9 Å². The van der Waals surface area contributed by atoms with Crippen molar-refractivity contribution in [2.75, 3.05) is 20.1 Å². The third-order valence-corrected chi connectivity index (χ3v) is 5.80. The van der Waals surface area contributed by atoms with Gasteiger partial charge in [-0.3, -0.25) is 0 Å². The van der Waals surface area contributed by atoms with E-state index in [0.29, 0.717) is 12.5 Å². The fraction of sp³-hybridized carbons (Fsp3) is 0.632. The average Bonchev–Trinajstić information content (AvgIpc) is 2.66. The molecular weight excluding hydrogens is 475 g/mol. The lowest BCUT2D eigenvalue weighted by Crippen LogP contribution is -2.39. The first-order valence-electron chi connectivity index (χ1n) is 9.51. The first kappa shape index (κ1) is 26.1. The van der Waals surface area contributed by atoms with Gasteiger partial charge in [0, 0.05) is 13.1 Å². The molecule has 0 aliphatic rings. The normalized spacial score (nSPS) is 13.0. The van der Waals surface area contributed by atoms with Gasteiger partial charge in [0.2, 0.25) is 10.0 Å². The van der Waals surface area contributed by atoms with Gasteiger partial charge in [-0.05, 0) is 44.0 Å². The van der Waals surface area contributed by atoms with Gasteiger partial charge < -0.3 is 10.6 Å². The van der Waals surface area contributed by atoms with E-state index in [1.165, 1.54) is 26.3 Å². The number of guanidine groups is 1. The molecule has 6 nitrogen and oxygen atoms in total. The fourth-order valence-electron chi connectivity index (χ4n) is 2.59.